The van der Waals surface area contributed by atoms with E-state index in [2.05, 4.69) is 5.10 Å². The van der Waals surface area contributed by atoms with E-state index >= 15 is 0 Å². The van der Waals surface area contributed by atoms with Crippen LogP contribution in [0, 0.1) is 5.92 Å². The van der Waals surface area contributed by atoms with Crippen molar-refractivity contribution in [2.45, 2.75) is 26.8 Å². The molecule has 1 aliphatic heterocycles. The van der Waals surface area contributed by atoms with Crippen molar-refractivity contribution in [2.75, 3.05) is 6.54 Å². The number of nitrogens with zero attached hydrogens (tertiary/aromatic N) is 3. The minimum absolute atomic E-state index is 0.0325. The lowest BCUT2D eigenvalue weighted by Crippen LogP contribution is -2.39. The van der Waals surface area contributed by atoms with Gasteiger partial charge in [-0.3, -0.25) is 4.79 Å². The number of benzene rings is 1. The quantitative estimate of drug-likeness (QED) is 0.941. The Balaban J connectivity index is 2.04. The fourth-order valence-corrected chi connectivity index (χ4v) is 2.93. The summed E-state index contributed by atoms with van der Waals surface area (Å²) in [6, 6.07) is 9.47. The van der Waals surface area contributed by atoms with Gasteiger partial charge in [0.05, 0.1) is 11.4 Å². The van der Waals surface area contributed by atoms with Gasteiger partial charge in [-0.05, 0) is 12.1 Å². The minimum Gasteiger partial charge on any atom is -0.476 e. The molecule has 1 aliphatic rings. The van der Waals surface area contributed by atoms with Crippen LogP contribution in [0.2, 0.25) is 0 Å². The number of carboxylic acids is 1. The monoisotopic (exact) mass is 313 g/mol. The van der Waals surface area contributed by atoms with E-state index in [-0.39, 0.29) is 17.5 Å². The van der Waals surface area contributed by atoms with Crippen LogP contribution in [0.1, 0.15) is 35.6 Å². The molecule has 0 fully saturated rings. The number of para-hydroxylation sites is 1. The Labute approximate surface area is 134 Å². The van der Waals surface area contributed by atoms with Crippen LogP contribution in [0.5, 0.6) is 0 Å². The number of carbonyl (C=O) groups excluding carboxylic acids is 1. The lowest BCUT2D eigenvalue weighted by molar-refractivity contribution is -0.135. The Morgan fingerprint density at radius 1 is 1.22 bits per heavy atom. The number of hydrogen-bond acceptors (Lipinski definition) is 3. The summed E-state index contributed by atoms with van der Waals surface area (Å²) in [5.41, 5.74) is 2.38. The first-order chi connectivity index (χ1) is 11.0. The van der Waals surface area contributed by atoms with Crippen LogP contribution in [0.25, 0.3) is 5.69 Å². The third-order valence-corrected chi connectivity index (χ3v) is 4.07. The average molecular weight is 313 g/mol. The topological polar surface area (TPSA) is 75.4 Å². The van der Waals surface area contributed by atoms with Crippen LogP contribution in [0.3, 0.4) is 0 Å². The molecule has 0 radical (unpaired) electrons. The van der Waals surface area contributed by atoms with Crippen molar-refractivity contribution in [1.82, 2.24) is 14.7 Å². The van der Waals surface area contributed by atoms with E-state index in [4.69, 9.17) is 0 Å². The summed E-state index contributed by atoms with van der Waals surface area (Å²) >= 11 is 0. The van der Waals surface area contributed by atoms with Crippen molar-refractivity contribution in [3.05, 3.63) is 47.3 Å². The van der Waals surface area contributed by atoms with Gasteiger partial charge >= 0.3 is 5.97 Å². The van der Waals surface area contributed by atoms with Crippen molar-refractivity contribution in [1.29, 1.82) is 0 Å². The number of rotatable bonds is 3. The second-order valence-electron chi connectivity index (χ2n) is 5.99. The summed E-state index contributed by atoms with van der Waals surface area (Å²) in [6.45, 7) is 4.59. The largest absolute Gasteiger partial charge is 0.476 e. The average Bonchev–Trinajstić information content (AvgIpc) is 2.93. The smallest absolute Gasteiger partial charge is 0.356 e. The molecular formula is C17H19N3O3. The highest BCUT2D eigenvalue weighted by atomic mass is 16.4. The molecule has 0 aliphatic carbocycles. The zero-order chi connectivity index (χ0) is 16.6. The number of carbonyl (C=O) groups is 2. The predicted molar refractivity (Wildman–Crippen MR) is 84.5 cm³/mol. The second-order valence-corrected chi connectivity index (χ2v) is 5.99. The molecule has 23 heavy (non-hydrogen) atoms. The molecule has 0 unspecified atom stereocenters. The van der Waals surface area contributed by atoms with Gasteiger partial charge in [0.2, 0.25) is 5.91 Å². The van der Waals surface area contributed by atoms with Gasteiger partial charge < -0.3 is 10.0 Å². The summed E-state index contributed by atoms with van der Waals surface area (Å²) in [5.74, 6) is -1.12. The van der Waals surface area contributed by atoms with Gasteiger partial charge in [0.25, 0.3) is 0 Å². The Morgan fingerprint density at radius 2 is 1.91 bits per heavy atom. The number of aromatic carboxylic acids is 1. The first-order valence-electron chi connectivity index (χ1n) is 7.67. The van der Waals surface area contributed by atoms with Gasteiger partial charge in [-0.2, -0.15) is 5.10 Å². The van der Waals surface area contributed by atoms with Gasteiger partial charge in [0.1, 0.15) is 0 Å². The molecule has 0 saturated heterocycles. The Hall–Kier alpha value is -2.63. The van der Waals surface area contributed by atoms with E-state index in [1.54, 1.807) is 9.58 Å². The molecule has 2 heterocycles. The highest BCUT2D eigenvalue weighted by molar-refractivity contribution is 5.88. The van der Waals surface area contributed by atoms with E-state index in [1.807, 2.05) is 44.2 Å². The van der Waals surface area contributed by atoms with Crippen molar-refractivity contribution in [3.8, 4) is 5.69 Å². The predicted octanol–water partition coefficient (Wildman–Crippen LogP) is 2.11. The molecule has 1 amide bonds. The lowest BCUT2D eigenvalue weighted by Gasteiger charge is -2.29. The maximum Gasteiger partial charge on any atom is 0.356 e. The van der Waals surface area contributed by atoms with Gasteiger partial charge in [-0.25, -0.2) is 9.48 Å². The first-order valence-corrected chi connectivity index (χ1v) is 7.67. The van der Waals surface area contributed by atoms with Gasteiger partial charge in [-0.1, -0.05) is 32.0 Å². The molecule has 6 heteroatoms. The van der Waals surface area contributed by atoms with Gasteiger partial charge in [-0.15, -0.1) is 0 Å². The molecule has 6 nitrogen and oxygen atoms in total. The third kappa shape index (κ3) is 2.72. The van der Waals surface area contributed by atoms with Crippen LogP contribution < -0.4 is 0 Å². The highest BCUT2D eigenvalue weighted by Gasteiger charge is 2.31. The molecule has 3 rings (SSSR count). The van der Waals surface area contributed by atoms with E-state index in [0.29, 0.717) is 25.1 Å². The van der Waals surface area contributed by atoms with Crippen LogP contribution in [0.4, 0.5) is 0 Å². The van der Waals surface area contributed by atoms with E-state index in [1.165, 1.54) is 0 Å². The standard InChI is InChI=1S/C17H19N3O3/c1-11(2)16(21)19-9-8-14-13(10-19)15(17(22)23)18-20(14)12-6-4-3-5-7-12/h3-7,11H,8-10H2,1-2H3,(H,22,23). The number of fused-ring (bicyclic) bond motifs is 1. The minimum atomic E-state index is -1.06. The van der Waals surface area contributed by atoms with E-state index < -0.39 is 5.97 Å². The van der Waals surface area contributed by atoms with Crippen molar-refractivity contribution in [3.63, 3.8) is 0 Å². The number of hydrogen-bond donors (Lipinski definition) is 1. The van der Waals surface area contributed by atoms with E-state index in [9.17, 15) is 14.7 Å². The third-order valence-electron chi connectivity index (χ3n) is 4.07. The van der Waals surface area contributed by atoms with E-state index in [0.717, 1.165) is 11.4 Å². The summed E-state index contributed by atoms with van der Waals surface area (Å²) in [5, 5.41) is 13.7. The molecule has 1 aromatic heterocycles. The summed E-state index contributed by atoms with van der Waals surface area (Å²) in [6.07, 6.45) is 0.600. The highest BCUT2D eigenvalue weighted by Crippen LogP contribution is 2.26. The summed E-state index contributed by atoms with van der Waals surface area (Å²) in [4.78, 5) is 25.5. The number of amides is 1. The molecule has 0 spiro atoms. The van der Waals surface area contributed by atoms with Crippen LogP contribution in [0.15, 0.2) is 30.3 Å². The van der Waals surface area contributed by atoms with Gasteiger partial charge in [0.15, 0.2) is 5.69 Å². The Morgan fingerprint density at radius 3 is 2.52 bits per heavy atom. The van der Waals surface area contributed by atoms with Crippen LogP contribution in [-0.2, 0) is 17.8 Å². The Bertz CT molecular complexity index is 750. The zero-order valence-corrected chi connectivity index (χ0v) is 13.2. The fraction of sp³-hybridized carbons (Fsp3) is 0.353. The van der Waals surface area contributed by atoms with Gasteiger partial charge in [0, 0.05) is 31.0 Å². The van der Waals surface area contributed by atoms with Crippen LogP contribution >= 0.6 is 0 Å². The molecule has 120 valence electrons. The molecule has 1 N–H and O–H groups in total. The van der Waals surface area contributed by atoms with Crippen molar-refractivity contribution in [2.24, 2.45) is 5.92 Å². The molecule has 0 bridgehead atoms. The van der Waals surface area contributed by atoms with Crippen LogP contribution in [-0.4, -0.2) is 38.2 Å². The maximum absolute atomic E-state index is 12.2. The summed E-state index contributed by atoms with van der Waals surface area (Å²) < 4.78 is 1.69. The normalized spacial score (nSPS) is 14.0. The second kappa shape index (κ2) is 5.87. The Kier molecular flexibility index (Phi) is 3.90. The SMILES string of the molecule is CC(C)C(=O)N1CCc2c(c(C(=O)O)nn2-c2ccccc2)C1. The van der Waals surface area contributed by atoms with Crippen molar-refractivity contribution >= 4 is 11.9 Å². The first kappa shape index (κ1) is 15.3. The maximum atomic E-state index is 12.2. The fourth-order valence-electron chi connectivity index (χ4n) is 2.93. The lowest BCUT2D eigenvalue weighted by atomic mass is 10.0. The number of carboxylic acid groups (broad SMARTS) is 1. The molecule has 1 aromatic carbocycles. The summed E-state index contributed by atoms with van der Waals surface area (Å²) in [7, 11) is 0. The molecule has 2 aromatic rings. The molecular weight excluding hydrogens is 294 g/mol. The molecule has 0 saturated carbocycles. The number of aromatic nitrogens is 2. The zero-order valence-electron chi connectivity index (χ0n) is 13.2. The molecule has 0 atom stereocenters. The van der Waals surface area contributed by atoms with Crippen molar-refractivity contribution < 1.29 is 14.7 Å².